The Hall–Kier alpha value is -0.490. The van der Waals surface area contributed by atoms with Crippen molar-refractivity contribution in [2.45, 2.75) is 5.25 Å². The van der Waals surface area contributed by atoms with E-state index in [1.807, 2.05) is 0 Å². The highest BCUT2D eigenvalue weighted by atomic mass is 33.1. The zero-order valence-corrected chi connectivity index (χ0v) is 6.54. The van der Waals surface area contributed by atoms with Crippen LogP contribution < -0.4 is 11.5 Å². The Kier molecular flexibility index (Phi) is 2.00. The quantitative estimate of drug-likeness (QED) is 0.487. The molecule has 0 aliphatic carbocycles. The molecule has 0 spiro atoms. The molecule has 1 heterocycles. The van der Waals surface area contributed by atoms with Gasteiger partial charge in [-0.2, -0.15) is 0 Å². The van der Waals surface area contributed by atoms with E-state index < -0.39 is 11.2 Å². The second-order valence-electron chi connectivity index (χ2n) is 1.72. The molecule has 0 radical (unpaired) electrons. The highest BCUT2D eigenvalue weighted by molar-refractivity contribution is 8.79. The van der Waals surface area contributed by atoms with Gasteiger partial charge in [0, 0.05) is 0 Å². The number of rotatable bonds is 1. The van der Waals surface area contributed by atoms with Gasteiger partial charge in [-0.15, -0.1) is 0 Å². The summed E-state index contributed by atoms with van der Waals surface area (Å²) in [5.41, 5.74) is 11.0. The zero-order chi connectivity index (χ0) is 7.72. The lowest BCUT2D eigenvalue weighted by Crippen LogP contribution is -2.22. The van der Waals surface area contributed by atoms with E-state index in [0.29, 0.717) is 5.03 Å². The summed E-state index contributed by atoms with van der Waals surface area (Å²) in [6.45, 7) is 0. The second-order valence-corrected chi connectivity index (χ2v) is 4.07. The van der Waals surface area contributed by atoms with E-state index >= 15 is 0 Å². The zero-order valence-electron chi connectivity index (χ0n) is 4.90. The van der Waals surface area contributed by atoms with Gasteiger partial charge in [-0.1, -0.05) is 10.8 Å². The van der Waals surface area contributed by atoms with Crippen molar-refractivity contribution in [2.24, 2.45) is 11.5 Å². The van der Waals surface area contributed by atoms with E-state index in [9.17, 15) is 4.79 Å². The predicted molar refractivity (Wildman–Crippen MR) is 42.0 cm³/mol. The first-order valence-corrected chi connectivity index (χ1v) is 4.65. The molecule has 1 aliphatic heterocycles. The lowest BCUT2D eigenvalue weighted by atomic mass is 10.3. The van der Waals surface area contributed by atoms with Gasteiger partial charge in [-0.25, -0.2) is 0 Å². The maximum atomic E-state index is 10.4. The highest BCUT2D eigenvalue weighted by Gasteiger charge is 2.29. The third kappa shape index (κ3) is 1.17. The van der Waals surface area contributed by atoms with Gasteiger partial charge in [0.15, 0.2) is 5.25 Å². The van der Waals surface area contributed by atoms with Crippen molar-refractivity contribution in [1.82, 2.24) is 0 Å². The maximum absolute atomic E-state index is 10.4. The number of carboxylic acid groups (broad SMARTS) is 1. The van der Waals surface area contributed by atoms with Gasteiger partial charge in [0.1, 0.15) is 0 Å². The highest BCUT2D eigenvalue weighted by Crippen LogP contribution is 2.41. The van der Waals surface area contributed by atoms with Crippen LogP contribution in [0.25, 0.3) is 0 Å². The molecule has 1 rings (SSSR count). The summed E-state index contributed by atoms with van der Waals surface area (Å²) in [6, 6.07) is 0. The van der Waals surface area contributed by atoms with Crippen LogP contribution in [0.1, 0.15) is 0 Å². The van der Waals surface area contributed by atoms with Crippen LogP contribution in [0.5, 0.6) is 0 Å². The van der Waals surface area contributed by atoms with Gasteiger partial charge in [0.25, 0.3) is 0 Å². The maximum Gasteiger partial charge on any atom is 0.323 e. The fourth-order valence-electron chi connectivity index (χ4n) is 0.503. The van der Waals surface area contributed by atoms with Crippen LogP contribution in [-0.4, -0.2) is 16.3 Å². The minimum absolute atomic E-state index is 0.266. The van der Waals surface area contributed by atoms with Crippen molar-refractivity contribution >= 4 is 27.6 Å². The fraction of sp³-hybridized carbons (Fsp3) is 0.250. The Bertz CT molecular complexity index is 203. The van der Waals surface area contributed by atoms with Crippen molar-refractivity contribution in [3.05, 3.63) is 10.7 Å². The van der Waals surface area contributed by atoms with Gasteiger partial charge < -0.3 is 16.6 Å². The first kappa shape index (κ1) is 7.62. The van der Waals surface area contributed by atoms with E-state index in [0.717, 1.165) is 10.8 Å². The van der Waals surface area contributed by atoms with Crippen LogP contribution in [0.3, 0.4) is 0 Å². The first-order valence-electron chi connectivity index (χ1n) is 2.44. The minimum Gasteiger partial charge on any atom is -0.480 e. The molecule has 6 heteroatoms. The number of carbonyl (C=O) groups is 1. The summed E-state index contributed by atoms with van der Waals surface area (Å²) in [6.07, 6.45) is 0. The van der Waals surface area contributed by atoms with Crippen LogP contribution >= 0.6 is 21.6 Å². The number of nitrogens with two attached hydrogens (primary N) is 2. The van der Waals surface area contributed by atoms with Gasteiger partial charge in [-0.05, 0) is 10.8 Å². The van der Waals surface area contributed by atoms with E-state index in [1.54, 1.807) is 0 Å². The molecule has 1 aliphatic rings. The molecular weight excluding hydrogens is 172 g/mol. The summed E-state index contributed by atoms with van der Waals surface area (Å²) in [5, 5.41) is 8.25. The molecule has 0 aromatic carbocycles. The Balaban J connectivity index is 2.77. The summed E-state index contributed by atoms with van der Waals surface area (Å²) in [5.74, 6) is -0.935. The van der Waals surface area contributed by atoms with Gasteiger partial charge in [-0.3, -0.25) is 4.79 Å². The Labute approximate surface area is 65.4 Å². The largest absolute Gasteiger partial charge is 0.480 e. The monoisotopic (exact) mass is 178 g/mol. The summed E-state index contributed by atoms with van der Waals surface area (Å²) < 4.78 is 0. The molecule has 0 aromatic heterocycles. The van der Waals surface area contributed by atoms with Crippen molar-refractivity contribution in [1.29, 1.82) is 0 Å². The number of hydrogen-bond donors (Lipinski definition) is 3. The molecule has 5 N–H and O–H groups in total. The number of aliphatic carboxylic acids is 1. The molecule has 1 unspecified atom stereocenters. The summed E-state index contributed by atoms with van der Waals surface area (Å²) in [4.78, 5) is 10.4. The van der Waals surface area contributed by atoms with Crippen LogP contribution in [0, 0.1) is 0 Å². The van der Waals surface area contributed by atoms with Crippen molar-refractivity contribution in [2.75, 3.05) is 0 Å². The Morgan fingerprint density at radius 1 is 1.60 bits per heavy atom. The standard InChI is InChI=1S/C4H6N2O2S2/c5-1-2(4(7)8)9-10-3(1)6/h2H,5-6H2,(H,7,8). The molecular formula is C4H6N2O2S2. The van der Waals surface area contributed by atoms with Crippen molar-refractivity contribution in [3.63, 3.8) is 0 Å². The van der Waals surface area contributed by atoms with E-state index in [-0.39, 0.29) is 5.70 Å². The van der Waals surface area contributed by atoms with Crippen LogP contribution in [-0.2, 0) is 4.79 Å². The van der Waals surface area contributed by atoms with Crippen molar-refractivity contribution < 1.29 is 9.90 Å². The lowest BCUT2D eigenvalue weighted by molar-refractivity contribution is -0.135. The number of hydrogen-bond acceptors (Lipinski definition) is 5. The SMILES string of the molecule is NC1=C(N)C(C(=O)O)SS1. The molecule has 0 bridgehead atoms. The molecule has 0 fully saturated rings. The predicted octanol–water partition coefficient (Wildman–Crippen LogP) is -0.0789. The smallest absolute Gasteiger partial charge is 0.323 e. The average Bonchev–Trinajstić information content (AvgIpc) is 2.14. The summed E-state index contributed by atoms with van der Waals surface area (Å²) >= 11 is 0. The third-order valence-corrected chi connectivity index (χ3v) is 3.59. The van der Waals surface area contributed by atoms with Gasteiger partial charge in [0.05, 0.1) is 10.7 Å². The second kappa shape index (κ2) is 2.63. The lowest BCUT2D eigenvalue weighted by Gasteiger charge is -2.00. The van der Waals surface area contributed by atoms with E-state index in [2.05, 4.69) is 0 Å². The molecule has 0 amide bonds. The van der Waals surface area contributed by atoms with Crippen LogP contribution in [0.2, 0.25) is 0 Å². The molecule has 1 atom stereocenters. The fourth-order valence-corrected chi connectivity index (χ4v) is 2.75. The normalized spacial score (nSPS) is 25.4. The molecule has 4 nitrogen and oxygen atoms in total. The van der Waals surface area contributed by atoms with Crippen molar-refractivity contribution in [3.8, 4) is 0 Å². The third-order valence-electron chi connectivity index (χ3n) is 1.03. The molecule has 56 valence electrons. The average molecular weight is 178 g/mol. The minimum atomic E-state index is -0.935. The molecule has 10 heavy (non-hydrogen) atoms. The van der Waals surface area contributed by atoms with E-state index in [1.165, 1.54) is 10.8 Å². The first-order chi connectivity index (χ1) is 4.63. The molecule has 0 aromatic rings. The van der Waals surface area contributed by atoms with Crippen LogP contribution in [0.15, 0.2) is 10.7 Å². The Morgan fingerprint density at radius 3 is 2.40 bits per heavy atom. The summed E-state index contributed by atoms with van der Waals surface area (Å²) in [7, 11) is 2.37. The van der Waals surface area contributed by atoms with Gasteiger partial charge in [0.2, 0.25) is 0 Å². The van der Waals surface area contributed by atoms with Gasteiger partial charge >= 0.3 is 5.97 Å². The number of carboxylic acids is 1. The molecule has 0 saturated heterocycles. The van der Waals surface area contributed by atoms with E-state index in [4.69, 9.17) is 16.6 Å². The van der Waals surface area contributed by atoms with Crippen LogP contribution in [0.4, 0.5) is 0 Å². The topological polar surface area (TPSA) is 89.3 Å². The molecule has 0 saturated carbocycles. The Morgan fingerprint density at radius 2 is 2.20 bits per heavy atom.